The first kappa shape index (κ1) is 12.6. The molecule has 0 unspecified atom stereocenters. The predicted octanol–water partition coefficient (Wildman–Crippen LogP) is 3.48. The number of H-pyrrole nitrogens is 1. The van der Waals surface area contributed by atoms with Crippen molar-refractivity contribution in [3.05, 3.63) is 47.5 Å². The van der Waals surface area contributed by atoms with Crippen LogP contribution < -0.4 is 5.73 Å². The van der Waals surface area contributed by atoms with Crippen LogP contribution in [-0.4, -0.2) is 9.97 Å². The first-order chi connectivity index (χ1) is 9.65. The Morgan fingerprint density at radius 3 is 2.85 bits per heavy atom. The number of aromatic nitrogens is 2. The van der Waals surface area contributed by atoms with Gasteiger partial charge in [-0.25, -0.2) is 4.98 Å². The summed E-state index contributed by atoms with van der Waals surface area (Å²) in [7, 11) is 0. The second kappa shape index (κ2) is 4.91. The number of rotatable bonds is 2. The van der Waals surface area contributed by atoms with Crippen LogP contribution in [0.15, 0.2) is 46.5 Å². The third-order valence-corrected chi connectivity index (χ3v) is 3.85. The molecule has 3 rings (SSSR count). The highest BCUT2D eigenvalue weighted by atomic mass is 32.2. The van der Waals surface area contributed by atoms with E-state index in [4.69, 9.17) is 11.0 Å². The summed E-state index contributed by atoms with van der Waals surface area (Å²) in [5.74, 6) is 0. The topological polar surface area (TPSA) is 78.5 Å². The lowest BCUT2D eigenvalue weighted by atomic mass is 10.2. The summed E-state index contributed by atoms with van der Waals surface area (Å²) in [5.41, 5.74) is 9.96. The van der Waals surface area contributed by atoms with Crippen LogP contribution in [0.3, 0.4) is 0 Å². The van der Waals surface area contributed by atoms with Gasteiger partial charge < -0.3 is 10.7 Å². The smallest absolute Gasteiger partial charge is 0.171 e. The molecular weight excluding hydrogens is 268 g/mol. The summed E-state index contributed by atoms with van der Waals surface area (Å²) in [4.78, 5) is 8.76. The minimum atomic E-state index is 0.490. The Hall–Kier alpha value is -2.45. The molecule has 0 spiro atoms. The van der Waals surface area contributed by atoms with Crippen molar-refractivity contribution in [1.29, 1.82) is 5.26 Å². The number of nitrogen functional groups attached to an aromatic ring is 1. The fourth-order valence-electron chi connectivity index (χ4n) is 1.97. The van der Waals surface area contributed by atoms with E-state index < -0.39 is 0 Å². The number of nitrogens with zero attached hydrogens (tertiary/aromatic N) is 2. The molecule has 0 amide bonds. The van der Waals surface area contributed by atoms with Gasteiger partial charge >= 0.3 is 0 Å². The number of benzene rings is 2. The third kappa shape index (κ3) is 2.33. The van der Waals surface area contributed by atoms with Gasteiger partial charge in [0.1, 0.15) is 6.07 Å². The number of nitrogens with two attached hydrogens (primary N) is 1. The van der Waals surface area contributed by atoms with Crippen LogP contribution in [0.2, 0.25) is 0 Å². The number of aryl methyl sites for hydroxylation is 1. The van der Waals surface area contributed by atoms with Gasteiger partial charge in [-0.1, -0.05) is 17.8 Å². The van der Waals surface area contributed by atoms with Crippen molar-refractivity contribution in [3.8, 4) is 6.07 Å². The average Bonchev–Trinajstić information content (AvgIpc) is 2.80. The SMILES string of the molecule is Cc1ccc2nc(Sc3ccc(C#N)c(N)c3)[nH]c2c1. The van der Waals surface area contributed by atoms with E-state index in [2.05, 4.69) is 29.0 Å². The fourth-order valence-corrected chi connectivity index (χ4v) is 2.82. The van der Waals surface area contributed by atoms with Crippen molar-refractivity contribution in [3.63, 3.8) is 0 Å². The maximum Gasteiger partial charge on any atom is 0.171 e. The van der Waals surface area contributed by atoms with Crippen molar-refractivity contribution in [2.75, 3.05) is 5.73 Å². The summed E-state index contributed by atoms with van der Waals surface area (Å²) in [6.07, 6.45) is 0. The summed E-state index contributed by atoms with van der Waals surface area (Å²) in [6.45, 7) is 2.05. The quantitative estimate of drug-likeness (QED) is 0.704. The molecule has 0 aliphatic heterocycles. The van der Waals surface area contributed by atoms with Crippen molar-refractivity contribution < 1.29 is 0 Å². The van der Waals surface area contributed by atoms with Crippen LogP contribution in [0, 0.1) is 18.3 Å². The molecule has 3 aromatic rings. The van der Waals surface area contributed by atoms with E-state index in [1.54, 1.807) is 12.1 Å². The second-order valence-corrected chi connectivity index (χ2v) is 5.59. The van der Waals surface area contributed by atoms with Crippen LogP contribution in [0.4, 0.5) is 5.69 Å². The van der Waals surface area contributed by atoms with Crippen LogP contribution in [-0.2, 0) is 0 Å². The minimum absolute atomic E-state index is 0.490. The third-order valence-electron chi connectivity index (χ3n) is 2.97. The Morgan fingerprint density at radius 2 is 2.10 bits per heavy atom. The Labute approximate surface area is 120 Å². The molecule has 3 N–H and O–H groups in total. The van der Waals surface area contributed by atoms with E-state index >= 15 is 0 Å². The molecule has 4 nitrogen and oxygen atoms in total. The zero-order chi connectivity index (χ0) is 14.1. The standard InChI is InChI=1S/C15H12N4S/c1-9-2-5-13-14(6-9)19-15(18-13)20-11-4-3-10(8-16)12(17)7-11/h2-7H,17H2,1H3,(H,18,19). The molecule has 1 aromatic heterocycles. The van der Waals surface area contributed by atoms with Crippen LogP contribution in [0.5, 0.6) is 0 Å². The highest BCUT2D eigenvalue weighted by Crippen LogP contribution is 2.29. The van der Waals surface area contributed by atoms with Gasteiger partial charge in [-0.3, -0.25) is 0 Å². The van der Waals surface area contributed by atoms with Gasteiger partial charge in [0.2, 0.25) is 0 Å². The van der Waals surface area contributed by atoms with Crippen LogP contribution in [0.1, 0.15) is 11.1 Å². The number of hydrogen-bond acceptors (Lipinski definition) is 4. The number of anilines is 1. The number of imidazole rings is 1. The Morgan fingerprint density at radius 1 is 1.25 bits per heavy atom. The van der Waals surface area contributed by atoms with Gasteiger partial charge in [0.25, 0.3) is 0 Å². The van der Waals surface area contributed by atoms with Crippen LogP contribution >= 0.6 is 11.8 Å². The lowest BCUT2D eigenvalue weighted by Gasteiger charge is -2.01. The van der Waals surface area contributed by atoms with E-state index in [1.807, 2.05) is 18.2 Å². The summed E-state index contributed by atoms with van der Waals surface area (Å²) < 4.78 is 0. The van der Waals surface area contributed by atoms with E-state index in [0.29, 0.717) is 11.3 Å². The Balaban J connectivity index is 1.93. The van der Waals surface area contributed by atoms with Crippen LogP contribution in [0.25, 0.3) is 11.0 Å². The molecular formula is C15H12N4S. The lowest BCUT2D eigenvalue weighted by Crippen LogP contribution is -1.90. The highest BCUT2D eigenvalue weighted by molar-refractivity contribution is 7.99. The van der Waals surface area contributed by atoms with Crippen molar-refractivity contribution in [2.45, 2.75) is 17.0 Å². The molecule has 2 aromatic carbocycles. The van der Waals surface area contributed by atoms with Gasteiger partial charge in [0.15, 0.2) is 5.16 Å². The van der Waals surface area contributed by atoms with Gasteiger partial charge in [-0.2, -0.15) is 5.26 Å². The molecule has 20 heavy (non-hydrogen) atoms. The number of fused-ring (bicyclic) bond motifs is 1. The van der Waals surface area contributed by atoms with E-state index in [0.717, 1.165) is 21.1 Å². The number of hydrogen-bond donors (Lipinski definition) is 2. The zero-order valence-corrected chi connectivity index (χ0v) is 11.7. The van der Waals surface area contributed by atoms with Crippen molar-refractivity contribution in [2.24, 2.45) is 0 Å². The van der Waals surface area contributed by atoms with Gasteiger partial charge in [0.05, 0.1) is 22.3 Å². The molecule has 0 aliphatic carbocycles. The van der Waals surface area contributed by atoms with Crippen molar-refractivity contribution >= 4 is 28.5 Å². The monoisotopic (exact) mass is 280 g/mol. The number of aromatic amines is 1. The minimum Gasteiger partial charge on any atom is -0.398 e. The maximum absolute atomic E-state index is 8.86. The molecule has 1 heterocycles. The Bertz CT molecular complexity index is 829. The summed E-state index contributed by atoms with van der Waals surface area (Å²) in [5, 5.41) is 9.68. The summed E-state index contributed by atoms with van der Waals surface area (Å²) in [6, 6.07) is 13.6. The van der Waals surface area contributed by atoms with Gasteiger partial charge in [-0.15, -0.1) is 0 Å². The highest BCUT2D eigenvalue weighted by Gasteiger charge is 2.06. The number of nitriles is 1. The lowest BCUT2D eigenvalue weighted by molar-refractivity contribution is 1.08. The molecule has 0 saturated carbocycles. The molecule has 0 radical (unpaired) electrons. The second-order valence-electron chi connectivity index (χ2n) is 4.53. The fraction of sp³-hybridized carbons (Fsp3) is 0.0667. The van der Waals surface area contributed by atoms with Gasteiger partial charge in [-0.05, 0) is 42.8 Å². The molecule has 0 aliphatic rings. The number of nitrogens with one attached hydrogen (secondary N) is 1. The van der Waals surface area contributed by atoms with E-state index in [9.17, 15) is 0 Å². The van der Waals surface area contributed by atoms with Gasteiger partial charge in [0, 0.05) is 4.90 Å². The predicted molar refractivity (Wildman–Crippen MR) is 80.5 cm³/mol. The van der Waals surface area contributed by atoms with E-state index in [1.165, 1.54) is 17.3 Å². The average molecular weight is 280 g/mol. The molecule has 0 bridgehead atoms. The Kier molecular flexibility index (Phi) is 3.09. The first-order valence-corrected chi connectivity index (χ1v) is 6.91. The maximum atomic E-state index is 8.86. The summed E-state index contributed by atoms with van der Waals surface area (Å²) >= 11 is 1.50. The largest absolute Gasteiger partial charge is 0.398 e. The molecule has 0 saturated heterocycles. The molecule has 98 valence electrons. The zero-order valence-electron chi connectivity index (χ0n) is 10.8. The first-order valence-electron chi connectivity index (χ1n) is 6.09. The molecule has 5 heteroatoms. The van der Waals surface area contributed by atoms with Crippen molar-refractivity contribution in [1.82, 2.24) is 9.97 Å². The normalized spacial score (nSPS) is 10.6. The molecule has 0 atom stereocenters. The molecule has 0 fully saturated rings. The van der Waals surface area contributed by atoms with E-state index in [-0.39, 0.29) is 0 Å².